The van der Waals surface area contributed by atoms with Gasteiger partial charge in [0, 0.05) is 43.6 Å². The largest absolute Gasteiger partial charge is 0.744 e. The van der Waals surface area contributed by atoms with Crippen molar-refractivity contribution in [2.75, 3.05) is 11.2 Å². The number of nitrogen functional groups attached to an aromatic ring is 1. The van der Waals surface area contributed by atoms with Gasteiger partial charge >= 0.3 is 0 Å². The van der Waals surface area contributed by atoms with Crippen LogP contribution in [0.4, 0.5) is 34.1 Å². The minimum absolute atomic E-state index is 0.00194. The van der Waals surface area contributed by atoms with Crippen LogP contribution in [0.3, 0.4) is 0 Å². The maximum atomic E-state index is 13.4. The van der Waals surface area contributed by atoms with Crippen LogP contribution < -0.4 is 11.2 Å². The van der Waals surface area contributed by atoms with E-state index in [0.717, 1.165) is 42.5 Å². The maximum absolute atomic E-state index is 13.4. The number of benzene rings is 7. The number of rotatable bonds is 10. The Hall–Kier alpha value is -7.16. The van der Waals surface area contributed by atoms with Crippen molar-refractivity contribution in [3.05, 3.63) is 131 Å². The first-order valence-corrected chi connectivity index (χ1v) is 23.5. The van der Waals surface area contributed by atoms with E-state index in [2.05, 4.69) is 31.0 Å². The van der Waals surface area contributed by atoms with Crippen molar-refractivity contribution in [2.24, 2.45) is 25.6 Å². The van der Waals surface area contributed by atoms with Crippen LogP contribution in [0.5, 0.6) is 0 Å². The fourth-order valence-corrected chi connectivity index (χ4v) is 9.41. The van der Waals surface area contributed by atoms with E-state index in [4.69, 9.17) is 5.73 Å². The molecule has 0 aromatic heterocycles. The number of carbonyl (C=O) groups excluding carboxylic acids is 1. The van der Waals surface area contributed by atoms with Gasteiger partial charge in [-0.2, -0.15) is 10.2 Å². The van der Waals surface area contributed by atoms with E-state index < -0.39 is 71.6 Å². The third-order valence-corrected chi connectivity index (χ3v) is 13.2. The standard InChI is InChI=1S/C40H27N7O13S4/c41-22-8-10-25-21(16-22)17-38(64(58,59)60)39(40(25)48)47-46-35-15-14-34(28-11-9-24(20-30(28)35)61(49,50)51)45-44-33-13-12-32(26-4-1-2-5-27(26)33)43-42-23-18-31-29(37(19-23)63(55,56)57)6-3-7-36(31)62(52,53)54/h1-20,46H,41H2,(H,49,50,51)(H,52,53,54)(H,55,56,57)(H,58,59,60)/p-4/b43-42?,45-44?,47-39-. The van der Waals surface area contributed by atoms with Crippen LogP contribution in [0, 0.1) is 0 Å². The highest BCUT2D eigenvalue weighted by atomic mass is 32.2. The van der Waals surface area contributed by atoms with Crippen molar-refractivity contribution in [3.63, 3.8) is 0 Å². The summed E-state index contributed by atoms with van der Waals surface area (Å²) in [6.07, 6.45) is 0.951. The molecule has 64 heavy (non-hydrogen) atoms. The van der Waals surface area contributed by atoms with Crippen molar-refractivity contribution in [3.8, 4) is 0 Å². The number of nitrogens with one attached hydrogen (secondary N) is 1. The molecule has 3 N–H and O–H groups in total. The molecule has 0 spiro atoms. The second-order valence-electron chi connectivity index (χ2n) is 13.8. The van der Waals surface area contributed by atoms with E-state index in [-0.39, 0.29) is 66.8 Å². The van der Waals surface area contributed by atoms with Crippen molar-refractivity contribution in [2.45, 2.75) is 14.7 Å². The predicted octanol–water partition coefficient (Wildman–Crippen LogP) is 6.82. The van der Waals surface area contributed by atoms with E-state index in [1.54, 1.807) is 24.3 Å². The fourth-order valence-electron chi connectivity index (χ4n) is 6.87. The molecule has 0 atom stereocenters. The second kappa shape index (κ2) is 15.9. The first kappa shape index (κ1) is 43.5. The molecule has 20 nitrogen and oxygen atoms in total. The minimum Gasteiger partial charge on any atom is -0.744 e. The Balaban J connectivity index is 1.17. The molecule has 0 bridgehead atoms. The van der Waals surface area contributed by atoms with Crippen LogP contribution in [-0.2, 0) is 40.5 Å². The lowest BCUT2D eigenvalue weighted by atomic mass is 9.94. The first-order valence-electron chi connectivity index (χ1n) is 17.9. The molecule has 7 aromatic rings. The normalized spacial score (nSPS) is 14.5. The summed E-state index contributed by atoms with van der Waals surface area (Å²) in [6.45, 7) is 0. The molecular formula is C40H23N7O13S4-4. The second-order valence-corrected chi connectivity index (χ2v) is 19.2. The number of nitrogens with zero attached hydrogens (tertiary/aromatic N) is 5. The highest BCUT2D eigenvalue weighted by Gasteiger charge is 2.30. The molecule has 0 saturated carbocycles. The van der Waals surface area contributed by atoms with Gasteiger partial charge in [0.2, 0.25) is 5.78 Å². The van der Waals surface area contributed by atoms with Crippen molar-refractivity contribution < 1.29 is 56.7 Å². The number of nitrogens with two attached hydrogens (primary N) is 1. The summed E-state index contributed by atoms with van der Waals surface area (Å²) >= 11 is 0. The van der Waals surface area contributed by atoms with Gasteiger partial charge in [-0.1, -0.05) is 42.5 Å². The van der Waals surface area contributed by atoms with Gasteiger partial charge < -0.3 is 23.9 Å². The maximum Gasteiger partial charge on any atom is 0.215 e. The van der Waals surface area contributed by atoms with Crippen molar-refractivity contribution in [1.82, 2.24) is 0 Å². The SMILES string of the molecule is Nc1ccc2c(c1)C=C(S(=O)(=O)[O-])/C(=N/Nc1ccc(N=Nc3ccc(N=Nc4cc(S(=O)(=O)[O-])c5cccc(S(=O)(=O)[O-])c5c4)c4ccccc34)c3ccc(S(=O)(=O)[O-])cc13)C2=O. The number of azo groups is 2. The van der Waals surface area contributed by atoms with E-state index in [1.807, 2.05) is 0 Å². The van der Waals surface area contributed by atoms with E-state index >= 15 is 0 Å². The summed E-state index contributed by atoms with van der Waals surface area (Å²) in [4.78, 5) is 10.2. The van der Waals surface area contributed by atoms with Gasteiger partial charge in [0.1, 0.15) is 46.2 Å². The number of hydrazone groups is 1. The molecule has 1 aliphatic carbocycles. The Morgan fingerprint density at radius 1 is 0.500 bits per heavy atom. The molecule has 0 heterocycles. The number of allylic oxidation sites excluding steroid dienone is 1. The Morgan fingerprint density at radius 2 is 1.09 bits per heavy atom. The smallest absolute Gasteiger partial charge is 0.215 e. The number of hydrogen-bond donors (Lipinski definition) is 2. The molecule has 0 aliphatic heterocycles. The lowest BCUT2D eigenvalue weighted by Crippen LogP contribution is -2.27. The van der Waals surface area contributed by atoms with E-state index in [1.165, 1.54) is 54.6 Å². The van der Waals surface area contributed by atoms with Gasteiger partial charge in [-0.3, -0.25) is 10.2 Å². The van der Waals surface area contributed by atoms with Crippen LogP contribution >= 0.6 is 0 Å². The first-order chi connectivity index (χ1) is 30.1. The summed E-state index contributed by atoms with van der Waals surface area (Å²) in [5, 5.41) is 21.4. The van der Waals surface area contributed by atoms with Crippen LogP contribution in [0.2, 0.25) is 0 Å². The number of fused-ring (bicyclic) bond motifs is 4. The number of Topliss-reactive ketones (excluding diaryl/α,β-unsaturated/α-hetero) is 1. The molecule has 8 rings (SSSR count). The molecule has 324 valence electrons. The Kier molecular flexibility index (Phi) is 10.8. The van der Waals surface area contributed by atoms with Gasteiger partial charge in [0.25, 0.3) is 0 Å². The fraction of sp³-hybridized carbons (Fsp3) is 0. The van der Waals surface area contributed by atoms with Crippen LogP contribution in [0.25, 0.3) is 38.4 Å². The predicted molar refractivity (Wildman–Crippen MR) is 228 cm³/mol. The molecule has 0 amide bonds. The molecule has 1 aliphatic rings. The zero-order valence-electron chi connectivity index (χ0n) is 31.8. The molecule has 0 radical (unpaired) electrons. The van der Waals surface area contributed by atoms with Gasteiger partial charge in [0.15, 0.2) is 0 Å². The summed E-state index contributed by atoms with van der Waals surface area (Å²) < 4.78 is 145. The number of carbonyl (C=O) groups is 1. The zero-order valence-corrected chi connectivity index (χ0v) is 35.1. The number of anilines is 2. The van der Waals surface area contributed by atoms with Crippen LogP contribution in [-0.4, -0.2) is 63.4 Å². The average Bonchev–Trinajstić information content (AvgIpc) is 3.22. The summed E-state index contributed by atoms with van der Waals surface area (Å²) in [6, 6.07) is 24.9. The molecule has 0 saturated heterocycles. The van der Waals surface area contributed by atoms with Gasteiger partial charge in [-0.05, 0) is 84.4 Å². The average molecular weight is 938 g/mol. The summed E-state index contributed by atoms with van der Waals surface area (Å²) in [5.74, 6) is -0.929. The Bertz CT molecular complexity index is 3800. The topological polar surface area (TPSA) is 346 Å². The van der Waals surface area contributed by atoms with Gasteiger partial charge in [-0.15, -0.1) is 15.3 Å². The lowest BCUT2D eigenvalue weighted by molar-refractivity contribution is 0.106. The summed E-state index contributed by atoms with van der Waals surface area (Å²) in [5.41, 5.74) is 8.08. The van der Waals surface area contributed by atoms with Gasteiger partial charge in [-0.25, -0.2) is 33.7 Å². The van der Waals surface area contributed by atoms with Crippen LogP contribution in [0.15, 0.2) is 160 Å². The Labute approximate surface area is 362 Å². The third kappa shape index (κ3) is 8.49. The molecule has 7 aromatic carbocycles. The van der Waals surface area contributed by atoms with E-state index in [0.29, 0.717) is 10.8 Å². The molecular weight excluding hydrogens is 915 g/mol. The zero-order chi connectivity index (χ0) is 45.9. The summed E-state index contributed by atoms with van der Waals surface area (Å²) in [7, 11) is -20.6. The van der Waals surface area contributed by atoms with Crippen molar-refractivity contribution in [1.29, 1.82) is 0 Å². The minimum atomic E-state index is -5.27. The molecule has 0 unspecified atom stereocenters. The highest BCUT2D eigenvalue weighted by Crippen LogP contribution is 2.39. The number of hydrogen-bond acceptors (Lipinski definition) is 20. The van der Waals surface area contributed by atoms with Crippen molar-refractivity contribution >= 4 is 124 Å². The monoisotopic (exact) mass is 937 g/mol. The van der Waals surface area contributed by atoms with E-state index in [9.17, 15) is 56.7 Å². The molecule has 0 fully saturated rings. The molecule has 24 heteroatoms. The van der Waals surface area contributed by atoms with Crippen LogP contribution in [0.1, 0.15) is 15.9 Å². The lowest BCUT2D eigenvalue weighted by Gasteiger charge is -2.20. The third-order valence-electron chi connectivity index (χ3n) is 9.72. The Morgan fingerprint density at radius 3 is 1.70 bits per heavy atom. The highest BCUT2D eigenvalue weighted by molar-refractivity contribution is 7.91. The van der Waals surface area contributed by atoms with Gasteiger partial charge in [0.05, 0.1) is 48.0 Å². The quantitative estimate of drug-likeness (QED) is 0.0614. The number of ketones is 1.